The lowest BCUT2D eigenvalue weighted by Crippen LogP contribution is -2.49. The van der Waals surface area contributed by atoms with Gasteiger partial charge in [-0.05, 0) is 59.5 Å². The number of ether oxygens (including phenoxy) is 1. The average Bonchev–Trinajstić information content (AvgIpc) is 2.38. The molecule has 2 aliphatic rings. The first kappa shape index (κ1) is 14.6. The van der Waals surface area contributed by atoms with E-state index in [0.717, 1.165) is 25.9 Å². The van der Waals surface area contributed by atoms with Crippen LogP contribution < -0.4 is 0 Å². The van der Waals surface area contributed by atoms with Crippen molar-refractivity contribution in [3.63, 3.8) is 0 Å². The van der Waals surface area contributed by atoms with Gasteiger partial charge in [-0.2, -0.15) is 0 Å². The van der Waals surface area contributed by atoms with Gasteiger partial charge in [0.15, 0.2) is 0 Å². The summed E-state index contributed by atoms with van der Waals surface area (Å²) in [5.74, 6) is 0. The molecule has 4 nitrogen and oxygen atoms in total. The van der Waals surface area contributed by atoms with Crippen LogP contribution in [0.15, 0.2) is 0 Å². The second-order valence-electron chi connectivity index (χ2n) is 6.80. The Kier molecular flexibility index (Phi) is 4.71. The van der Waals surface area contributed by atoms with Gasteiger partial charge in [0, 0.05) is 19.1 Å². The summed E-state index contributed by atoms with van der Waals surface area (Å²) < 4.78 is 5.43. The highest BCUT2D eigenvalue weighted by atomic mass is 16.6. The second-order valence-corrected chi connectivity index (χ2v) is 6.80. The molecule has 0 spiro atoms. The van der Waals surface area contributed by atoms with E-state index in [9.17, 15) is 4.79 Å². The van der Waals surface area contributed by atoms with E-state index in [2.05, 4.69) is 4.90 Å². The molecule has 2 aliphatic heterocycles. The van der Waals surface area contributed by atoms with Gasteiger partial charge in [0.25, 0.3) is 0 Å². The van der Waals surface area contributed by atoms with Crippen LogP contribution in [0.5, 0.6) is 0 Å². The van der Waals surface area contributed by atoms with Crippen molar-refractivity contribution in [2.45, 2.75) is 64.5 Å². The maximum atomic E-state index is 12.0. The molecule has 0 bridgehead atoms. The summed E-state index contributed by atoms with van der Waals surface area (Å²) in [6, 6.07) is 0.680. The largest absolute Gasteiger partial charge is 0.444 e. The predicted molar refractivity (Wildman–Crippen MR) is 76.3 cm³/mol. The van der Waals surface area contributed by atoms with Gasteiger partial charge in [0.1, 0.15) is 5.60 Å². The number of nitrogens with zero attached hydrogens (tertiary/aromatic N) is 2. The van der Waals surface area contributed by atoms with Crippen molar-refractivity contribution >= 4 is 6.09 Å². The van der Waals surface area contributed by atoms with E-state index in [0.29, 0.717) is 6.04 Å². The van der Waals surface area contributed by atoms with Crippen LogP contribution in [-0.2, 0) is 4.74 Å². The van der Waals surface area contributed by atoms with Crippen molar-refractivity contribution in [3.8, 4) is 0 Å². The van der Waals surface area contributed by atoms with E-state index in [1.54, 1.807) is 0 Å². The van der Waals surface area contributed by atoms with E-state index in [-0.39, 0.29) is 11.7 Å². The lowest BCUT2D eigenvalue weighted by molar-refractivity contribution is 0.0131. The highest BCUT2D eigenvalue weighted by Gasteiger charge is 2.29. The summed E-state index contributed by atoms with van der Waals surface area (Å²) in [5.41, 5.74) is -0.388. The summed E-state index contributed by atoms with van der Waals surface area (Å²) in [4.78, 5) is 16.5. The monoisotopic (exact) mass is 268 g/mol. The summed E-state index contributed by atoms with van der Waals surface area (Å²) >= 11 is 0. The fourth-order valence-electron chi connectivity index (χ4n) is 3.02. The second kappa shape index (κ2) is 6.12. The maximum absolute atomic E-state index is 12.0. The Morgan fingerprint density at radius 3 is 2.11 bits per heavy atom. The Bertz CT molecular complexity index is 298. The number of likely N-dealkylation sites (tertiary alicyclic amines) is 2. The SMILES string of the molecule is CC(C)(C)OC(=O)N1CCC(N2CCCCC2)CC1. The fraction of sp³-hybridized carbons (Fsp3) is 0.933. The zero-order chi connectivity index (χ0) is 13.9. The Morgan fingerprint density at radius 2 is 1.58 bits per heavy atom. The molecule has 0 N–H and O–H groups in total. The third-order valence-electron chi connectivity index (χ3n) is 4.02. The Labute approximate surface area is 117 Å². The van der Waals surface area contributed by atoms with E-state index in [4.69, 9.17) is 4.74 Å². The summed E-state index contributed by atoms with van der Waals surface area (Å²) in [6.45, 7) is 9.95. The minimum Gasteiger partial charge on any atom is -0.444 e. The maximum Gasteiger partial charge on any atom is 0.410 e. The molecule has 0 radical (unpaired) electrons. The molecule has 0 aromatic heterocycles. The van der Waals surface area contributed by atoms with Crippen LogP contribution in [-0.4, -0.2) is 53.7 Å². The standard InChI is InChI=1S/C15H28N2O2/c1-15(2,3)19-14(18)17-11-7-13(8-12-17)16-9-5-4-6-10-16/h13H,4-12H2,1-3H3. The van der Waals surface area contributed by atoms with Crippen LogP contribution in [0, 0.1) is 0 Å². The molecule has 0 aliphatic carbocycles. The Morgan fingerprint density at radius 1 is 1.00 bits per heavy atom. The highest BCUT2D eigenvalue weighted by molar-refractivity contribution is 5.68. The van der Waals surface area contributed by atoms with Gasteiger partial charge < -0.3 is 14.5 Å². The summed E-state index contributed by atoms with van der Waals surface area (Å²) in [5, 5.41) is 0. The molecule has 0 saturated carbocycles. The van der Waals surface area contributed by atoms with E-state index >= 15 is 0 Å². The number of amides is 1. The third-order valence-corrected chi connectivity index (χ3v) is 4.02. The number of hydrogen-bond donors (Lipinski definition) is 0. The number of carbonyl (C=O) groups is 1. The first-order valence-electron chi connectivity index (χ1n) is 7.68. The molecule has 2 heterocycles. The van der Waals surface area contributed by atoms with Crippen LogP contribution in [0.2, 0.25) is 0 Å². The quantitative estimate of drug-likeness (QED) is 0.733. The Hall–Kier alpha value is -0.770. The van der Waals surface area contributed by atoms with Gasteiger partial charge in [0.2, 0.25) is 0 Å². The number of rotatable bonds is 1. The molecule has 1 amide bonds. The topological polar surface area (TPSA) is 32.8 Å². The molecule has 0 aromatic rings. The molecule has 2 rings (SSSR count). The minimum absolute atomic E-state index is 0.149. The molecule has 0 aromatic carbocycles. The molecule has 19 heavy (non-hydrogen) atoms. The van der Waals surface area contributed by atoms with E-state index in [1.807, 2.05) is 25.7 Å². The smallest absolute Gasteiger partial charge is 0.410 e. The van der Waals surface area contributed by atoms with Crippen LogP contribution in [0.1, 0.15) is 52.9 Å². The molecule has 0 atom stereocenters. The molecule has 110 valence electrons. The lowest BCUT2D eigenvalue weighted by atomic mass is 10.0. The van der Waals surface area contributed by atoms with Crippen LogP contribution in [0.25, 0.3) is 0 Å². The number of carbonyl (C=O) groups excluding carboxylic acids is 1. The predicted octanol–water partition coefficient (Wildman–Crippen LogP) is 2.87. The average molecular weight is 268 g/mol. The van der Waals surface area contributed by atoms with Gasteiger partial charge in [-0.15, -0.1) is 0 Å². The molecular formula is C15H28N2O2. The normalized spacial score (nSPS) is 23.4. The van der Waals surface area contributed by atoms with Gasteiger partial charge in [-0.25, -0.2) is 4.79 Å². The molecule has 0 unspecified atom stereocenters. The van der Waals surface area contributed by atoms with E-state index in [1.165, 1.54) is 32.4 Å². The lowest BCUT2D eigenvalue weighted by Gasteiger charge is -2.40. The fourth-order valence-corrected chi connectivity index (χ4v) is 3.02. The summed E-state index contributed by atoms with van der Waals surface area (Å²) in [6.07, 6.45) is 6.11. The first-order chi connectivity index (χ1) is 8.96. The van der Waals surface area contributed by atoms with Crippen LogP contribution in [0.4, 0.5) is 4.79 Å². The van der Waals surface area contributed by atoms with Crippen molar-refractivity contribution in [1.29, 1.82) is 0 Å². The zero-order valence-electron chi connectivity index (χ0n) is 12.7. The van der Waals surface area contributed by atoms with Crippen LogP contribution >= 0.6 is 0 Å². The first-order valence-corrected chi connectivity index (χ1v) is 7.68. The van der Waals surface area contributed by atoms with Gasteiger partial charge >= 0.3 is 6.09 Å². The molecular weight excluding hydrogens is 240 g/mol. The van der Waals surface area contributed by atoms with E-state index < -0.39 is 0 Å². The van der Waals surface area contributed by atoms with Gasteiger partial charge in [-0.3, -0.25) is 0 Å². The summed E-state index contributed by atoms with van der Waals surface area (Å²) in [7, 11) is 0. The molecule has 4 heteroatoms. The molecule has 2 fully saturated rings. The van der Waals surface area contributed by atoms with Crippen molar-refractivity contribution in [2.75, 3.05) is 26.2 Å². The van der Waals surface area contributed by atoms with Crippen molar-refractivity contribution in [3.05, 3.63) is 0 Å². The van der Waals surface area contributed by atoms with Gasteiger partial charge in [-0.1, -0.05) is 6.42 Å². The minimum atomic E-state index is -0.388. The van der Waals surface area contributed by atoms with Crippen LogP contribution in [0.3, 0.4) is 0 Å². The number of piperidine rings is 2. The van der Waals surface area contributed by atoms with Crippen molar-refractivity contribution in [2.24, 2.45) is 0 Å². The number of hydrogen-bond acceptors (Lipinski definition) is 3. The Balaban J connectivity index is 1.77. The zero-order valence-corrected chi connectivity index (χ0v) is 12.7. The molecule has 2 saturated heterocycles. The van der Waals surface area contributed by atoms with Crippen molar-refractivity contribution < 1.29 is 9.53 Å². The third kappa shape index (κ3) is 4.37. The van der Waals surface area contributed by atoms with Crippen molar-refractivity contribution in [1.82, 2.24) is 9.80 Å². The highest BCUT2D eigenvalue weighted by Crippen LogP contribution is 2.22. The van der Waals surface area contributed by atoms with Gasteiger partial charge in [0.05, 0.1) is 0 Å².